The lowest BCUT2D eigenvalue weighted by atomic mass is 9.94. The van der Waals surface area contributed by atoms with Gasteiger partial charge in [0.2, 0.25) is 5.92 Å². The number of nitrogens with one attached hydrogen (secondary N) is 2. The minimum absolute atomic E-state index is 0.0296. The molecule has 1 aliphatic rings. The second-order valence-electron chi connectivity index (χ2n) is 9.98. The molecular formula is C27H29F5N6O5. The summed E-state index contributed by atoms with van der Waals surface area (Å²) in [6, 6.07) is 8.00. The van der Waals surface area contributed by atoms with Crippen LogP contribution in [0.25, 0.3) is 0 Å². The van der Waals surface area contributed by atoms with E-state index in [9.17, 15) is 36.3 Å². The van der Waals surface area contributed by atoms with Crippen LogP contribution >= 0.6 is 0 Å². The molecule has 1 fully saturated rings. The zero-order valence-electron chi connectivity index (χ0n) is 22.8. The van der Waals surface area contributed by atoms with Gasteiger partial charge >= 0.3 is 12.5 Å². The molecule has 0 atom stereocenters. The van der Waals surface area contributed by atoms with Crippen LogP contribution in [0.1, 0.15) is 54.6 Å². The number of aryl methyl sites for hydroxylation is 2. The number of benzene rings is 1. The van der Waals surface area contributed by atoms with Gasteiger partial charge in [0.15, 0.2) is 5.69 Å². The molecular weight excluding hydrogens is 583 g/mol. The van der Waals surface area contributed by atoms with E-state index in [0.29, 0.717) is 31.5 Å². The monoisotopic (exact) mass is 612 g/mol. The topological polar surface area (TPSA) is 129 Å². The Hall–Kier alpha value is -4.50. The Morgan fingerprint density at radius 2 is 1.81 bits per heavy atom. The van der Waals surface area contributed by atoms with Crippen molar-refractivity contribution < 1.29 is 41.0 Å². The van der Waals surface area contributed by atoms with Crippen molar-refractivity contribution in [3.63, 3.8) is 0 Å². The van der Waals surface area contributed by atoms with E-state index in [0.717, 1.165) is 6.07 Å². The Labute approximate surface area is 242 Å². The zero-order valence-corrected chi connectivity index (χ0v) is 22.8. The van der Waals surface area contributed by atoms with Crippen molar-refractivity contribution in [1.29, 1.82) is 0 Å². The number of nitrogens with zero attached hydrogens (tertiary/aromatic N) is 4. The Morgan fingerprint density at radius 1 is 1.07 bits per heavy atom. The van der Waals surface area contributed by atoms with Crippen LogP contribution in [0.4, 0.5) is 32.4 Å². The summed E-state index contributed by atoms with van der Waals surface area (Å²) in [5.41, 5.74) is 0.297. The van der Waals surface area contributed by atoms with Crippen molar-refractivity contribution in [2.75, 3.05) is 5.32 Å². The van der Waals surface area contributed by atoms with E-state index in [-0.39, 0.29) is 49.2 Å². The smallest absolute Gasteiger partial charge is 0.446 e. The average molecular weight is 613 g/mol. The molecule has 0 radical (unpaired) electrons. The molecule has 3 aromatic rings. The van der Waals surface area contributed by atoms with E-state index < -0.39 is 36.1 Å². The number of halogens is 5. The normalized spacial score (nSPS) is 15.1. The van der Waals surface area contributed by atoms with Crippen molar-refractivity contribution in [3.8, 4) is 5.75 Å². The number of carbonyl (C=O) groups is 2. The summed E-state index contributed by atoms with van der Waals surface area (Å²) in [5.74, 6) is -3.68. The minimum atomic E-state index is -4.82. The van der Waals surface area contributed by atoms with Gasteiger partial charge in [0.05, 0.1) is 11.9 Å². The number of unbranched alkanes of at least 4 members (excludes halogenated alkanes) is 1. The van der Waals surface area contributed by atoms with Gasteiger partial charge in [-0.3, -0.25) is 19.6 Å². The van der Waals surface area contributed by atoms with E-state index in [4.69, 9.17) is 4.74 Å². The fraction of sp³-hybridized carbons (Fsp3) is 0.444. The minimum Gasteiger partial charge on any atom is -0.446 e. The molecule has 2 N–H and O–H groups in total. The van der Waals surface area contributed by atoms with Crippen LogP contribution in [-0.4, -0.2) is 50.0 Å². The van der Waals surface area contributed by atoms with Crippen LogP contribution in [0.3, 0.4) is 0 Å². The molecule has 2 heterocycles. The number of ether oxygens (including phenoxy) is 2. The maximum Gasteiger partial charge on any atom is 0.573 e. The van der Waals surface area contributed by atoms with Gasteiger partial charge in [0.1, 0.15) is 11.9 Å². The second kappa shape index (κ2) is 13.6. The van der Waals surface area contributed by atoms with E-state index in [1.165, 1.54) is 52.0 Å². The molecule has 2 amide bonds. The molecule has 1 saturated carbocycles. The first-order valence-electron chi connectivity index (χ1n) is 13.4. The lowest BCUT2D eigenvalue weighted by Crippen LogP contribution is -2.32. The SMILES string of the molecule is O=C(Nc1ccn(CCCCn2cc(C(=O)NCc3cccc(OC(F)(F)F)c3)nn2)c(=O)c1)OC1CCC(F)(F)CC1. The number of alkyl halides is 5. The highest BCUT2D eigenvalue weighted by Crippen LogP contribution is 2.34. The average Bonchev–Trinajstić information content (AvgIpc) is 3.40. The zero-order chi connectivity index (χ0) is 31.0. The molecule has 4 rings (SSSR count). The molecule has 43 heavy (non-hydrogen) atoms. The van der Waals surface area contributed by atoms with E-state index in [1.54, 1.807) is 0 Å². The molecule has 0 saturated heterocycles. The number of rotatable bonds is 11. The van der Waals surface area contributed by atoms with Gasteiger partial charge in [-0.2, -0.15) is 0 Å². The summed E-state index contributed by atoms with van der Waals surface area (Å²) < 4.78 is 75.7. The quantitative estimate of drug-likeness (QED) is 0.233. The lowest BCUT2D eigenvalue weighted by molar-refractivity contribution is -0.274. The number of anilines is 1. The highest BCUT2D eigenvalue weighted by Gasteiger charge is 2.36. The number of aromatic nitrogens is 4. The largest absolute Gasteiger partial charge is 0.573 e. The van der Waals surface area contributed by atoms with Gasteiger partial charge in [-0.05, 0) is 49.4 Å². The number of hydrogen-bond acceptors (Lipinski definition) is 7. The third kappa shape index (κ3) is 10.1. The summed E-state index contributed by atoms with van der Waals surface area (Å²) in [4.78, 5) is 36.9. The molecule has 0 bridgehead atoms. The Balaban J connectivity index is 1.17. The molecule has 0 unspecified atom stereocenters. The Bertz CT molecular complexity index is 1460. The maximum atomic E-state index is 13.2. The van der Waals surface area contributed by atoms with Gasteiger partial charge in [0.25, 0.3) is 11.5 Å². The van der Waals surface area contributed by atoms with E-state index in [2.05, 4.69) is 25.7 Å². The van der Waals surface area contributed by atoms with Gasteiger partial charge in [0, 0.05) is 44.7 Å². The van der Waals surface area contributed by atoms with Crippen LogP contribution in [0.2, 0.25) is 0 Å². The third-order valence-electron chi connectivity index (χ3n) is 6.57. The second-order valence-corrected chi connectivity index (χ2v) is 9.98. The number of amides is 2. The first kappa shape index (κ1) is 31.4. The van der Waals surface area contributed by atoms with E-state index >= 15 is 0 Å². The Kier molecular flexibility index (Phi) is 9.98. The predicted molar refractivity (Wildman–Crippen MR) is 142 cm³/mol. The van der Waals surface area contributed by atoms with Crippen molar-refractivity contribution >= 4 is 17.7 Å². The fourth-order valence-electron chi connectivity index (χ4n) is 4.39. The van der Waals surface area contributed by atoms with Gasteiger partial charge in [-0.15, -0.1) is 18.3 Å². The molecule has 16 heteroatoms. The predicted octanol–water partition coefficient (Wildman–Crippen LogP) is 4.88. The molecule has 1 aromatic carbocycles. The van der Waals surface area contributed by atoms with E-state index in [1.807, 2.05) is 0 Å². The van der Waals surface area contributed by atoms with Crippen LogP contribution in [0.15, 0.2) is 53.6 Å². The molecule has 0 aliphatic heterocycles. The lowest BCUT2D eigenvalue weighted by Gasteiger charge is -2.27. The first-order valence-corrected chi connectivity index (χ1v) is 13.4. The van der Waals surface area contributed by atoms with Crippen molar-refractivity contribution in [3.05, 3.63) is 70.4 Å². The van der Waals surface area contributed by atoms with Crippen LogP contribution in [0, 0.1) is 0 Å². The Morgan fingerprint density at radius 3 is 2.53 bits per heavy atom. The number of pyridine rings is 1. The van der Waals surface area contributed by atoms with Crippen LogP contribution in [-0.2, 0) is 24.4 Å². The highest BCUT2D eigenvalue weighted by atomic mass is 19.4. The summed E-state index contributed by atoms with van der Waals surface area (Å²) in [6.45, 7) is 0.733. The molecule has 0 spiro atoms. The number of hydrogen-bond donors (Lipinski definition) is 2. The molecule has 2 aromatic heterocycles. The summed E-state index contributed by atoms with van der Waals surface area (Å²) >= 11 is 0. The van der Waals surface area contributed by atoms with Crippen molar-refractivity contribution in [2.45, 2.75) is 76.5 Å². The fourth-order valence-corrected chi connectivity index (χ4v) is 4.39. The molecule has 1 aliphatic carbocycles. The summed E-state index contributed by atoms with van der Waals surface area (Å²) in [6.07, 6.45) is -2.61. The van der Waals surface area contributed by atoms with Crippen LogP contribution in [0.5, 0.6) is 5.75 Å². The standard InChI is InChI=1S/C27H29F5N6O5/c28-26(29)9-6-20(7-10-26)42-25(41)34-19-8-13-37(23(39)15-19)11-1-2-12-38-17-22(35-36-38)24(40)33-16-18-4-3-5-21(14-18)43-27(30,31)32/h3-5,8,13-15,17,20H,1-2,6-7,9-12,16H2,(H,33,40)(H,34,41). The van der Waals surface area contributed by atoms with Crippen LogP contribution < -0.4 is 20.9 Å². The third-order valence-corrected chi connectivity index (χ3v) is 6.57. The van der Waals surface area contributed by atoms with Gasteiger partial charge < -0.3 is 19.4 Å². The summed E-state index contributed by atoms with van der Waals surface area (Å²) in [5, 5.41) is 12.7. The van der Waals surface area contributed by atoms with Crippen molar-refractivity contribution in [1.82, 2.24) is 24.9 Å². The first-order chi connectivity index (χ1) is 20.3. The maximum absolute atomic E-state index is 13.2. The van der Waals surface area contributed by atoms with Gasteiger partial charge in [-0.25, -0.2) is 13.6 Å². The highest BCUT2D eigenvalue weighted by molar-refractivity contribution is 5.91. The van der Waals surface area contributed by atoms with Gasteiger partial charge in [-0.1, -0.05) is 17.3 Å². The molecule has 11 nitrogen and oxygen atoms in total. The number of carbonyl (C=O) groups excluding carboxylic acids is 2. The van der Waals surface area contributed by atoms with Crippen molar-refractivity contribution in [2.24, 2.45) is 0 Å². The summed E-state index contributed by atoms with van der Waals surface area (Å²) in [7, 11) is 0. The molecule has 232 valence electrons.